The van der Waals surface area contributed by atoms with Crippen LogP contribution in [0, 0.1) is 11.6 Å². The van der Waals surface area contributed by atoms with Crippen LogP contribution in [0.5, 0.6) is 5.75 Å². The van der Waals surface area contributed by atoms with Gasteiger partial charge in [0.15, 0.2) is 0 Å². The van der Waals surface area contributed by atoms with E-state index in [2.05, 4.69) is 21.2 Å². The molecule has 4 rings (SSSR count). The molecule has 1 aliphatic rings. The first-order valence-corrected chi connectivity index (χ1v) is 11.9. The van der Waals surface area contributed by atoms with Gasteiger partial charge in [-0.25, -0.2) is 8.78 Å². The maximum absolute atomic E-state index is 13.3. The van der Waals surface area contributed by atoms with Crippen LogP contribution in [0.15, 0.2) is 76.1 Å². The zero-order valence-corrected chi connectivity index (χ0v) is 20.4. The van der Waals surface area contributed by atoms with Crippen LogP contribution in [0.2, 0.25) is 0 Å². The first-order valence-electron chi connectivity index (χ1n) is 10.3. The molecule has 35 heavy (non-hydrogen) atoms. The summed E-state index contributed by atoms with van der Waals surface area (Å²) >= 11 is 4.15. The number of hydrogen-bond acceptors (Lipinski definition) is 5. The molecule has 1 heterocycles. The van der Waals surface area contributed by atoms with Crippen LogP contribution in [0.25, 0.3) is 6.08 Å². The predicted molar refractivity (Wildman–Crippen MR) is 133 cm³/mol. The van der Waals surface area contributed by atoms with Gasteiger partial charge in [0.25, 0.3) is 11.1 Å². The number of nitrogens with one attached hydrogen (secondary N) is 1. The number of carbonyl (C=O) groups is 3. The smallest absolute Gasteiger partial charge is 0.294 e. The first-order chi connectivity index (χ1) is 16.8. The highest BCUT2D eigenvalue weighted by atomic mass is 79.9. The van der Waals surface area contributed by atoms with Crippen molar-refractivity contribution in [2.24, 2.45) is 0 Å². The molecule has 3 amide bonds. The normalized spacial score (nSPS) is 14.5. The Morgan fingerprint density at radius 1 is 1.03 bits per heavy atom. The Morgan fingerprint density at radius 2 is 1.80 bits per heavy atom. The lowest BCUT2D eigenvalue weighted by Gasteiger charge is -2.12. The largest absolute Gasteiger partial charge is 0.488 e. The Kier molecular flexibility index (Phi) is 7.62. The third-order valence-electron chi connectivity index (χ3n) is 4.84. The molecule has 6 nitrogen and oxygen atoms in total. The van der Waals surface area contributed by atoms with Gasteiger partial charge in [-0.05, 0) is 87.4 Å². The number of nitrogens with zero attached hydrogens (tertiary/aromatic N) is 1. The van der Waals surface area contributed by atoms with Crippen LogP contribution in [-0.2, 0) is 16.2 Å². The van der Waals surface area contributed by atoms with Gasteiger partial charge in [-0.1, -0.05) is 24.3 Å². The molecule has 0 spiro atoms. The van der Waals surface area contributed by atoms with Crippen molar-refractivity contribution in [3.05, 3.63) is 98.9 Å². The van der Waals surface area contributed by atoms with Crippen molar-refractivity contribution in [1.29, 1.82) is 0 Å². The molecule has 0 saturated carbocycles. The second-order valence-electron chi connectivity index (χ2n) is 7.43. The van der Waals surface area contributed by atoms with Crippen molar-refractivity contribution in [2.45, 2.75) is 6.61 Å². The van der Waals surface area contributed by atoms with Crippen molar-refractivity contribution < 1.29 is 27.9 Å². The Balaban J connectivity index is 1.39. The van der Waals surface area contributed by atoms with Gasteiger partial charge >= 0.3 is 0 Å². The molecule has 0 unspecified atom stereocenters. The molecule has 1 fully saturated rings. The van der Waals surface area contributed by atoms with Crippen LogP contribution in [-0.4, -0.2) is 28.5 Å². The molecule has 3 aromatic carbocycles. The molecule has 178 valence electrons. The van der Waals surface area contributed by atoms with Crippen LogP contribution >= 0.6 is 27.7 Å². The van der Waals surface area contributed by atoms with E-state index in [0.717, 1.165) is 28.3 Å². The van der Waals surface area contributed by atoms with Crippen molar-refractivity contribution >= 4 is 56.5 Å². The van der Waals surface area contributed by atoms with Gasteiger partial charge in [-0.15, -0.1) is 0 Å². The fraction of sp³-hybridized carbons (Fsp3) is 0.0800. The molecule has 0 aromatic heterocycles. The molecule has 0 atom stereocenters. The summed E-state index contributed by atoms with van der Waals surface area (Å²) in [6.45, 7) is -0.243. The van der Waals surface area contributed by atoms with Crippen molar-refractivity contribution in [3.8, 4) is 5.75 Å². The molecule has 1 aliphatic heterocycles. The number of benzene rings is 3. The highest BCUT2D eigenvalue weighted by Crippen LogP contribution is 2.34. The molecular weight excluding hydrogens is 542 g/mol. The number of rotatable bonds is 7. The summed E-state index contributed by atoms with van der Waals surface area (Å²) in [5.74, 6) is -1.51. The number of imide groups is 1. The fourth-order valence-corrected chi connectivity index (χ4v) is 4.51. The summed E-state index contributed by atoms with van der Waals surface area (Å²) in [5, 5.41) is 1.89. The van der Waals surface area contributed by atoms with Gasteiger partial charge in [-0.2, -0.15) is 0 Å². The van der Waals surface area contributed by atoms with Gasteiger partial charge in [0, 0.05) is 5.69 Å². The number of amides is 3. The number of carbonyl (C=O) groups excluding carboxylic acids is 3. The standard InChI is InChI=1S/C25H17BrF2N2O4S/c26-20-10-16(6-9-21(20)34-14-15-4-7-17(27)8-5-15)11-22-24(32)30(25(33)35-22)13-23(31)29-19-3-1-2-18(28)12-19/h1-12H,13-14H2,(H,29,31)/b22-11+. The lowest BCUT2D eigenvalue weighted by atomic mass is 10.2. The zero-order chi connectivity index (χ0) is 24.9. The van der Waals surface area contributed by atoms with Crippen LogP contribution < -0.4 is 10.1 Å². The van der Waals surface area contributed by atoms with E-state index in [1.54, 1.807) is 36.4 Å². The quantitative estimate of drug-likeness (QED) is 0.361. The van der Waals surface area contributed by atoms with Crippen LogP contribution in [0.4, 0.5) is 19.3 Å². The third kappa shape index (κ3) is 6.34. The Hall–Kier alpha value is -3.50. The molecule has 3 aromatic rings. The molecule has 1 N–H and O–H groups in total. The minimum atomic E-state index is -0.621. The lowest BCUT2D eigenvalue weighted by Crippen LogP contribution is -2.36. The Morgan fingerprint density at radius 3 is 2.51 bits per heavy atom. The average molecular weight is 559 g/mol. The lowest BCUT2D eigenvalue weighted by molar-refractivity contribution is -0.127. The van der Waals surface area contributed by atoms with Gasteiger partial charge in [-0.3, -0.25) is 19.3 Å². The van der Waals surface area contributed by atoms with Gasteiger partial charge < -0.3 is 10.1 Å². The fourth-order valence-electron chi connectivity index (χ4n) is 3.16. The summed E-state index contributed by atoms with van der Waals surface area (Å²) < 4.78 is 32.7. The number of hydrogen-bond donors (Lipinski definition) is 1. The van der Waals surface area contributed by atoms with Gasteiger partial charge in [0.1, 0.15) is 30.5 Å². The van der Waals surface area contributed by atoms with E-state index in [9.17, 15) is 23.2 Å². The molecule has 0 aliphatic carbocycles. The monoisotopic (exact) mass is 558 g/mol. The Labute approximate surface area is 212 Å². The van der Waals surface area contributed by atoms with Crippen molar-refractivity contribution in [2.75, 3.05) is 11.9 Å². The SMILES string of the molecule is O=C(CN1C(=O)S/C(=C/c2ccc(OCc3ccc(F)cc3)c(Br)c2)C1=O)Nc1cccc(F)c1. The number of thioether (sulfide) groups is 1. The third-order valence-corrected chi connectivity index (χ3v) is 6.37. The minimum Gasteiger partial charge on any atom is -0.488 e. The minimum absolute atomic E-state index is 0.167. The number of halogens is 3. The molecule has 0 bridgehead atoms. The highest BCUT2D eigenvalue weighted by molar-refractivity contribution is 9.10. The Bertz CT molecular complexity index is 1330. The maximum atomic E-state index is 13.3. The average Bonchev–Trinajstić information content (AvgIpc) is 3.07. The molecule has 1 saturated heterocycles. The summed E-state index contributed by atoms with van der Waals surface area (Å²) in [7, 11) is 0. The van der Waals surface area contributed by atoms with Crippen molar-refractivity contribution in [1.82, 2.24) is 4.90 Å². The van der Waals surface area contributed by atoms with Crippen LogP contribution in [0.3, 0.4) is 0 Å². The molecule has 0 radical (unpaired) electrons. The van der Waals surface area contributed by atoms with E-state index in [4.69, 9.17) is 4.74 Å². The summed E-state index contributed by atoms with van der Waals surface area (Å²) in [5.41, 5.74) is 1.67. The van der Waals surface area contributed by atoms with E-state index < -0.39 is 29.4 Å². The van der Waals surface area contributed by atoms with E-state index in [1.807, 2.05) is 0 Å². The van der Waals surface area contributed by atoms with Gasteiger partial charge in [0.2, 0.25) is 5.91 Å². The second kappa shape index (κ2) is 10.8. The molecular formula is C25H17BrF2N2O4S. The van der Waals surface area contributed by atoms with E-state index in [1.165, 1.54) is 30.3 Å². The van der Waals surface area contributed by atoms with Gasteiger partial charge in [0.05, 0.1) is 9.38 Å². The molecule has 10 heteroatoms. The van der Waals surface area contributed by atoms with E-state index >= 15 is 0 Å². The summed E-state index contributed by atoms with van der Waals surface area (Å²) in [6, 6.07) is 16.4. The predicted octanol–water partition coefficient (Wildman–Crippen LogP) is 5.98. The second-order valence-corrected chi connectivity index (χ2v) is 9.28. The number of anilines is 1. The first kappa shape index (κ1) is 24.6. The number of ether oxygens (including phenoxy) is 1. The summed E-state index contributed by atoms with van der Waals surface area (Å²) in [4.78, 5) is 38.3. The van der Waals surface area contributed by atoms with Crippen LogP contribution in [0.1, 0.15) is 11.1 Å². The highest BCUT2D eigenvalue weighted by Gasteiger charge is 2.36. The van der Waals surface area contributed by atoms with Crippen molar-refractivity contribution in [3.63, 3.8) is 0 Å². The maximum Gasteiger partial charge on any atom is 0.294 e. The summed E-state index contributed by atoms with van der Waals surface area (Å²) in [6.07, 6.45) is 1.55. The zero-order valence-electron chi connectivity index (χ0n) is 18.0. The van der Waals surface area contributed by atoms with E-state index in [-0.39, 0.29) is 23.0 Å². The van der Waals surface area contributed by atoms with E-state index in [0.29, 0.717) is 15.8 Å². The topological polar surface area (TPSA) is 75.7 Å².